The van der Waals surface area contributed by atoms with Gasteiger partial charge in [0, 0.05) is 16.3 Å². The third-order valence-electron chi connectivity index (χ3n) is 4.69. The molecule has 0 aliphatic carbocycles. The predicted octanol–water partition coefficient (Wildman–Crippen LogP) is 2.68. The number of fused-ring (bicyclic) bond motifs is 1. The van der Waals surface area contributed by atoms with Gasteiger partial charge >= 0.3 is 5.63 Å². The fourth-order valence-corrected chi connectivity index (χ4v) is 5.76. The molecule has 140 valence electrons. The fourth-order valence-electron chi connectivity index (χ4n) is 3.32. The summed E-state index contributed by atoms with van der Waals surface area (Å²) in [6, 6.07) is 11.8. The summed E-state index contributed by atoms with van der Waals surface area (Å²) in [5, 5.41) is 2.55. The summed E-state index contributed by atoms with van der Waals surface area (Å²) in [4.78, 5) is 28.0. The number of carbonyl (C=O) groups excluding carboxylic acids is 1. The van der Waals surface area contributed by atoms with Crippen molar-refractivity contribution in [3.63, 3.8) is 0 Å². The van der Waals surface area contributed by atoms with E-state index in [2.05, 4.69) is 0 Å². The Morgan fingerprint density at radius 1 is 1.22 bits per heavy atom. The van der Waals surface area contributed by atoms with E-state index >= 15 is 0 Å². The van der Waals surface area contributed by atoms with Crippen LogP contribution in [0.4, 0.5) is 0 Å². The molecule has 0 saturated carbocycles. The van der Waals surface area contributed by atoms with Crippen LogP contribution in [0.3, 0.4) is 0 Å². The molecule has 3 heterocycles. The second-order valence-electron chi connectivity index (χ2n) is 6.55. The molecule has 0 bridgehead atoms. The molecule has 1 aliphatic rings. The molecule has 1 amide bonds. The molecular formula is C19H17NO5S2. The highest BCUT2D eigenvalue weighted by Gasteiger charge is 2.36. The number of amides is 1. The molecule has 27 heavy (non-hydrogen) atoms. The topological polar surface area (TPSA) is 84.7 Å². The molecule has 8 heteroatoms. The first-order valence-electron chi connectivity index (χ1n) is 8.50. The quantitative estimate of drug-likeness (QED) is 0.626. The summed E-state index contributed by atoms with van der Waals surface area (Å²) in [6.07, 6.45) is 0.373. The van der Waals surface area contributed by atoms with E-state index in [4.69, 9.17) is 4.42 Å². The van der Waals surface area contributed by atoms with Crippen molar-refractivity contribution in [1.82, 2.24) is 4.90 Å². The van der Waals surface area contributed by atoms with Crippen molar-refractivity contribution in [3.05, 3.63) is 68.7 Å². The number of benzene rings is 1. The van der Waals surface area contributed by atoms with E-state index in [1.54, 1.807) is 24.3 Å². The van der Waals surface area contributed by atoms with Crippen LogP contribution in [0.15, 0.2) is 57.1 Å². The maximum Gasteiger partial charge on any atom is 0.349 e. The van der Waals surface area contributed by atoms with Gasteiger partial charge in [-0.25, -0.2) is 13.2 Å². The first kappa shape index (κ1) is 17.9. The molecule has 0 N–H and O–H groups in total. The largest absolute Gasteiger partial charge is 0.422 e. The van der Waals surface area contributed by atoms with E-state index in [1.165, 1.54) is 22.3 Å². The van der Waals surface area contributed by atoms with Crippen LogP contribution in [-0.2, 0) is 16.4 Å². The lowest BCUT2D eigenvalue weighted by molar-refractivity contribution is 0.0679. The standard InChI is InChI=1S/C19H17NO5S2/c21-18(16-10-13-4-1-2-6-17(13)25-19(16)22)20(11-15-5-3-8-26-15)14-7-9-27(23,24)12-14/h1-6,8,10,14H,7,9,11-12H2/t14-/m1/s1. The van der Waals surface area contributed by atoms with Crippen molar-refractivity contribution in [1.29, 1.82) is 0 Å². The van der Waals surface area contributed by atoms with Crippen molar-refractivity contribution in [2.45, 2.75) is 19.0 Å². The van der Waals surface area contributed by atoms with Gasteiger partial charge in [0.1, 0.15) is 11.1 Å². The lowest BCUT2D eigenvalue weighted by Crippen LogP contribution is -2.42. The van der Waals surface area contributed by atoms with Crippen molar-refractivity contribution in [2.24, 2.45) is 0 Å². The number of para-hydroxylation sites is 1. The average Bonchev–Trinajstić information content (AvgIpc) is 3.27. The Kier molecular flexibility index (Phi) is 4.61. The Bertz CT molecular complexity index is 1150. The molecule has 3 aromatic rings. The van der Waals surface area contributed by atoms with Crippen LogP contribution in [0.5, 0.6) is 0 Å². The zero-order chi connectivity index (χ0) is 19.0. The lowest BCUT2D eigenvalue weighted by Gasteiger charge is -2.27. The van der Waals surface area contributed by atoms with Gasteiger partial charge in [-0.15, -0.1) is 11.3 Å². The molecular weight excluding hydrogens is 386 g/mol. The zero-order valence-corrected chi connectivity index (χ0v) is 16.0. The summed E-state index contributed by atoms with van der Waals surface area (Å²) in [5.41, 5.74) is -0.377. The van der Waals surface area contributed by atoms with Gasteiger partial charge in [0.05, 0.1) is 18.1 Å². The normalized spacial score (nSPS) is 18.6. The zero-order valence-electron chi connectivity index (χ0n) is 14.3. The Morgan fingerprint density at radius 2 is 2.04 bits per heavy atom. The number of thiophene rings is 1. The second-order valence-corrected chi connectivity index (χ2v) is 9.82. The predicted molar refractivity (Wildman–Crippen MR) is 104 cm³/mol. The van der Waals surface area contributed by atoms with E-state index in [0.29, 0.717) is 17.4 Å². The Morgan fingerprint density at radius 3 is 2.74 bits per heavy atom. The van der Waals surface area contributed by atoms with E-state index in [0.717, 1.165) is 4.88 Å². The average molecular weight is 403 g/mol. The van der Waals surface area contributed by atoms with Crippen molar-refractivity contribution < 1.29 is 17.6 Å². The number of sulfone groups is 1. The highest BCUT2D eigenvalue weighted by Crippen LogP contribution is 2.24. The molecule has 2 aromatic heterocycles. The minimum atomic E-state index is -3.17. The molecule has 6 nitrogen and oxygen atoms in total. The molecule has 0 spiro atoms. The highest BCUT2D eigenvalue weighted by molar-refractivity contribution is 7.91. The van der Waals surface area contributed by atoms with Gasteiger partial charge in [0.15, 0.2) is 9.84 Å². The summed E-state index contributed by atoms with van der Waals surface area (Å²) >= 11 is 1.48. The van der Waals surface area contributed by atoms with Gasteiger partial charge in [-0.2, -0.15) is 0 Å². The molecule has 1 aromatic carbocycles. The second kappa shape index (κ2) is 6.94. The van der Waals surface area contributed by atoms with E-state index in [9.17, 15) is 18.0 Å². The monoisotopic (exact) mass is 403 g/mol. The van der Waals surface area contributed by atoms with Crippen molar-refractivity contribution in [3.8, 4) is 0 Å². The van der Waals surface area contributed by atoms with E-state index in [1.807, 2.05) is 17.5 Å². The van der Waals surface area contributed by atoms with Crippen LogP contribution >= 0.6 is 11.3 Å². The van der Waals surface area contributed by atoms with Crippen LogP contribution in [0, 0.1) is 0 Å². The van der Waals surface area contributed by atoms with Gasteiger partial charge in [0.25, 0.3) is 5.91 Å². The lowest BCUT2D eigenvalue weighted by atomic mass is 10.1. The van der Waals surface area contributed by atoms with Gasteiger partial charge in [-0.1, -0.05) is 24.3 Å². The first-order valence-corrected chi connectivity index (χ1v) is 11.2. The molecule has 1 aliphatic heterocycles. The minimum absolute atomic E-state index is 0.0538. The first-order chi connectivity index (χ1) is 12.9. The smallest absolute Gasteiger partial charge is 0.349 e. The summed E-state index contributed by atoms with van der Waals surface area (Å²) < 4.78 is 29.2. The summed E-state index contributed by atoms with van der Waals surface area (Å²) in [5.74, 6) is -0.522. The van der Waals surface area contributed by atoms with Crippen LogP contribution in [0.1, 0.15) is 21.7 Å². The summed E-state index contributed by atoms with van der Waals surface area (Å²) in [6.45, 7) is 0.267. The van der Waals surface area contributed by atoms with Crippen LogP contribution in [0.2, 0.25) is 0 Å². The van der Waals surface area contributed by atoms with Gasteiger partial charge in [-0.3, -0.25) is 4.79 Å². The number of hydrogen-bond acceptors (Lipinski definition) is 6. The Hall–Kier alpha value is -2.45. The molecule has 0 unspecified atom stereocenters. The van der Waals surface area contributed by atoms with Gasteiger partial charge in [0.2, 0.25) is 0 Å². The summed E-state index contributed by atoms with van der Waals surface area (Å²) in [7, 11) is -3.17. The molecule has 4 rings (SSSR count). The third-order valence-corrected chi connectivity index (χ3v) is 7.30. The molecule has 0 radical (unpaired) electrons. The highest BCUT2D eigenvalue weighted by atomic mass is 32.2. The Balaban J connectivity index is 1.74. The van der Waals surface area contributed by atoms with E-state index in [-0.39, 0.29) is 23.6 Å². The fraction of sp³-hybridized carbons (Fsp3) is 0.263. The molecule has 1 saturated heterocycles. The van der Waals surface area contributed by atoms with Gasteiger partial charge < -0.3 is 9.32 Å². The third kappa shape index (κ3) is 3.68. The maximum atomic E-state index is 13.2. The minimum Gasteiger partial charge on any atom is -0.422 e. The van der Waals surface area contributed by atoms with E-state index < -0.39 is 27.4 Å². The molecule has 1 fully saturated rings. The van der Waals surface area contributed by atoms with Crippen LogP contribution in [0.25, 0.3) is 11.0 Å². The van der Waals surface area contributed by atoms with Crippen molar-refractivity contribution >= 4 is 38.1 Å². The Labute approximate surface area is 160 Å². The number of rotatable bonds is 4. The van der Waals surface area contributed by atoms with Crippen LogP contribution < -0.4 is 5.63 Å². The SMILES string of the molecule is O=C(c1cc2ccccc2oc1=O)N(Cc1cccs1)[C@@H]1CCS(=O)(=O)C1. The van der Waals surface area contributed by atoms with Crippen LogP contribution in [-0.4, -0.2) is 36.8 Å². The number of carbonyl (C=O) groups is 1. The molecule has 1 atom stereocenters. The van der Waals surface area contributed by atoms with Gasteiger partial charge in [-0.05, 0) is 30.0 Å². The van der Waals surface area contributed by atoms with Crippen molar-refractivity contribution in [2.75, 3.05) is 11.5 Å². The maximum absolute atomic E-state index is 13.2. The number of hydrogen-bond donors (Lipinski definition) is 0. The number of nitrogens with zero attached hydrogens (tertiary/aromatic N) is 1.